The van der Waals surface area contributed by atoms with Crippen LogP contribution in [0.5, 0.6) is 0 Å². The summed E-state index contributed by atoms with van der Waals surface area (Å²) < 4.78 is 36.7. The SMILES string of the molecule is O=[N+]([O-])Cc1cnccc1C(F)(F)F. The fourth-order valence-electron chi connectivity index (χ4n) is 0.969. The Bertz CT molecular complexity index is 351. The van der Waals surface area contributed by atoms with E-state index < -0.39 is 28.8 Å². The van der Waals surface area contributed by atoms with Crippen LogP contribution in [0.1, 0.15) is 11.1 Å². The first-order chi connectivity index (χ1) is 6.41. The highest BCUT2D eigenvalue weighted by Gasteiger charge is 2.34. The van der Waals surface area contributed by atoms with Gasteiger partial charge in [0.05, 0.1) is 11.1 Å². The molecule has 0 atom stereocenters. The minimum Gasteiger partial charge on any atom is -0.264 e. The van der Waals surface area contributed by atoms with E-state index in [9.17, 15) is 23.3 Å². The third kappa shape index (κ3) is 2.41. The van der Waals surface area contributed by atoms with Gasteiger partial charge in [-0.05, 0) is 6.07 Å². The fourth-order valence-corrected chi connectivity index (χ4v) is 0.969. The van der Waals surface area contributed by atoms with Crippen LogP contribution in [-0.2, 0) is 12.7 Å². The zero-order chi connectivity index (χ0) is 10.8. The Labute approximate surface area is 76.5 Å². The molecule has 14 heavy (non-hydrogen) atoms. The number of hydrogen-bond donors (Lipinski definition) is 0. The van der Waals surface area contributed by atoms with E-state index >= 15 is 0 Å². The van der Waals surface area contributed by atoms with E-state index in [1.165, 1.54) is 0 Å². The summed E-state index contributed by atoms with van der Waals surface area (Å²) in [5.74, 6) is 0. The molecule has 0 saturated carbocycles. The summed E-state index contributed by atoms with van der Waals surface area (Å²) in [6.07, 6.45) is -2.77. The Morgan fingerprint density at radius 1 is 1.50 bits per heavy atom. The topological polar surface area (TPSA) is 56.0 Å². The van der Waals surface area contributed by atoms with Gasteiger partial charge in [0, 0.05) is 17.3 Å². The molecular formula is C7H5F3N2O2. The molecule has 1 aromatic rings. The van der Waals surface area contributed by atoms with Gasteiger partial charge < -0.3 is 0 Å². The van der Waals surface area contributed by atoms with E-state index in [1.807, 2.05) is 0 Å². The average Bonchev–Trinajstić information content (AvgIpc) is 2.01. The molecule has 0 N–H and O–H groups in total. The molecule has 0 amide bonds. The second-order valence-electron chi connectivity index (χ2n) is 2.52. The predicted octanol–water partition coefficient (Wildman–Crippen LogP) is 1.88. The van der Waals surface area contributed by atoms with E-state index in [1.54, 1.807) is 0 Å². The van der Waals surface area contributed by atoms with Crippen molar-refractivity contribution in [3.63, 3.8) is 0 Å². The first-order valence-electron chi connectivity index (χ1n) is 3.53. The van der Waals surface area contributed by atoms with E-state index in [2.05, 4.69) is 4.98 Å². The molecule has 0 saturated heterocycles. The first kappa shape index (κ1) is 10.4. The van der Waals surface area contributed by atoms with E-state index in [0.717, 1.165) is 18.5 Å². The van der Waals surface area contributed by atoms with Gasteiger partial charge in [0.2, 0.25) is 6.54 Å². The van der Waals surface area contributed by atoms with Crippen LogP contribution in [0.3, 0.4) is 0 Å². The van der Waals surface area contributed by atoms with Crippen LogP contribution in [0.4, 0.5) is 13.2 Å². The van der Waals surface area contributed by atoms with Gasteiger partial charge in [0.15, 0.2) is 0 Å². The maximum absolute atomic E-state index is 12.2. The molecule has 0 aliphatic carbocycles. The van der Waals surface area contributed by atoms with Crippen LogP contribution in [0.2, 0.25) is 0 Å². The smallest absolute Gasteiger partial charge is 0.264 e. The summed E-state index contributed by atoms with van der Waals surface area (Å²) in [5.41, 5.74) is -1.44. The van der Waals surface area contributed by atoms with Gasteiger partial charge in [0.1, 0.15) is 0 Å². The van der Waals surface area contributed by atoms with Gasteiger partial charge in [-0.15, -0.1) is 0 Å². The Kier molecular flexibility index (Phi) is 2.68. The molecule has 0 aromatic carbocycles. The van der Waals surface area contributed by atoms with Crippen LogP contribution in [-0.4, -0.2) is 9.91 Å². The first-order valence-corrected chi connectivity index (χ1v) is 3.53. The van der Waals surface area contributed by atoms with E-state index in [4.69, 9.17) is 0 Å². The largest absolute Gasteiger partial charge is 0.417 e. The lowest BCUT2D eigenvalue weighted by Gasteiger charge is -2.08. The third-order valence-electron chi connectivity index (χ3n) is 1.51. The molecule has 0 bridgehead atoms. The van der Waals surface area contributed by atoms with Gasteiger partial charge in [-0.1, -0.05) is 0 Å². The molecule has 4 nitrogen and oxygen atoms in total. The van der Waals surface area contributed by atoms with Crippen molar-refractivity contribution in [1.82, 2.24) is 4.98 Å². The van der Waals surface area contributed by atoms with Crippen LogP contribution < -0.4 is 0 Å². The quantitative estimate of drug-likeness (QED) is 0.548. The van der Waals surface area contributed by atoms with Crippen molar-refractivity contribution in [2.45, 2.75) is 12.7 Å². The van der Waals surface area contributed by atoms with Gasteiger partial charge >= 0.3 is 6.18 Å². The Morgan fingerprint density at radius 2 is 2.14 bits per heavy atom. The Morgan fingerprint density at radius 3 is 2.64 bits per heavy atom. The molecule has 76 valence electrons. The second-order valence-corrected chi connectivity index (χ2v) is 2.52. The summed E-state index contributed by atoms with van der Waals surface area (Å²) in [7, 11) is 0. The highest BCUT2D eigenvalue weighted by molar-refractivity contribution is 5.25. The molecular weight excluding hydrogens is 201 g/mol. The molecule has 1 rings (SSSR count). The summed E-state index contributed by atoms with van der Waals surface area (Å²) in [5, 5.41) is 10.1. The molecule has 0 fully saturated rings. The van der Waals surface area contributed by atoms with E-state index in [0.29, 0.717) is 0 Å². The number of halogens is 3. The normalized spacial score (nSPS) is 11.4. The third-order valence-corrected chi connectivity index (χ3v) is 1.51. The minimum absolute atomic E-state index is 0.426. The van der Waals surface area contributed by atoms with Crippen LogP contribution in [0.25, 0.3) is 0 Å². The molecule has 0 unspecified atom stereocenters. The number of pyridine rings is 1. The van der Waals surface area contributed by atoms with Crippen molar-refractivity contribution >= 4 is 0 Å². The predicted molar refractivity (Wildman–Crippen MR) is 39.9 cm³/mol. The van der Waals surface area contributed by atoms with Crippen molar-refractivity contribution < 1.29 is 18.1 Å². The number of nitro groups is 1. The van der Waals surface area contributed by atoms with Crippen LogP contribution in [0, 0.1) is 10.1 Å². The van der Waals surface area contributed by atoms with Gasteiger partial charge in [0.25, 0.3) is 0 Å². The van der Waals surface area contributed by atoms with Gasteiger partial charge in [-0.25, -0.2) is 0 Å². The number of alkyl halides is 3. The minimum atomic E-state index is -4.58. The lowest BCUT2D eigenvalue weighted by Crippen LogP contribution is -2.12. The Balaban J connectivity index is 3.10. The van der Waals surface area contributed by atoms with Crippen molar-refractivity contribution in [3.8, 4) is 0 Å². The van der Waals surface area contributed by atoms with Gasteiger partial charge in [-0.2, -0.15) is 13.2 Å². The van der Waals surface area contributed by atoms with Crippen molar-refractivity contribution in [2.75, 3.05) is 0 Å². The maximum atomic E-state index is 12.2. The molecule has 0 radical (unpaired) electrons. The summed E-state index contributed by atoms with van der Waals surface area (Å²) in [6, 6.07) is 0.721. The summed E-state index contributed by atoms with van der Waals surface area (Å²) in [4.78, 5) is 12.6. The number of nitrogens with zero attached hydrogens (tertiary/aromatic N) is 2. The molecule has 1 heterocycles. The highest BCUT2D eigenvalue weighted by atomic mass is 19.4. The van der Waals surface area contributed by atoms with Crippen molar-refractivity contribution in [1.29, 1.82) is 0 Å². The second kappa shape index (κ2) is 3.60. The van der Waals surface area contributed by atoms with Crippen LogP contribution in [0.15, 0.2) is 18.5 Å². The molecule has 0 aliphatic rings. The lowest BCUT2D eigenvalue weighted by atomic mass is 10.1. The lowest BCUT2D eigenvalue weighted by molar-refractivity contribution is -0.497. The number of aromatic nitrogens is 1. The van der Waals surface area contributed by atoms with Gasteiger partial charge in [-0.3, -0.25) is 15.1 Å². The average molecular weight is 206 g/mol. The molecule has 7 heteroatoms. The van der Waals surface area contributed by atoms with Crippen LogP contribution >= 0.6 is 0 Å². The van der Waals surface area contributed by atoms with Crippen molar-refractivity contribution in [3.05, 3.63) is 39.7 Å². The molecule has 1 aromatic heterocycles. The molecule has 0 spiro atoms. The maximum Gasteiger partial charge on any atom is 0.417 e. The van der Waals surface area contributed by atoms with E-state index in [-0.39, 0.29) is 0 Å². The number of rotatable bonds is 2. The molecule has 0 aliphatic heterocycles. The number of hydrogen-bond acceptors (Lipinski definition) is 3. The zero-order valence-corrected chi connectivity index (χ0v) is 6.78. The monoisotopic (exact) mass is 206 g/mol. The zero-order valence-electron chi connectivity index (χ0n) is 6.78. The standard InChI is InChI=1S/C7H5F3N2O2/c8-7(9,10)6-1-2-11-3-5(6)4-12(13)14/h1-3H,4H2. The Hall–Kier alpha value is -1.66. The summed E-state index contributed by atoms with van der Waals surface area (Å²) >= 11 is 0. The fraction of sp³-hybridized carbons (Fsp3) is 0.286. The van der Waals surface area contributed by atoms with Crippen molar-refractivity contribution in [2.24, 2.45) is 0 Å². The summed E-state index contributed by atoms with van der Waals surface area (Å²) in [6.45, 7) is -0.872. The highest BCUT2D eigenvalue weighted by Crippen LogP contribution is 2.31.